The Hall–Kier alpha value is -0.220. The van der Waals surface area contributed by atoms with Crippen molar-refractivity contribution in [2.75, 3.05) is 0 Å². The normalized spacial score (nSPS) is 10.8. The van der Waals surface area contributed by atoms with E-state index >= 15 is 0 Å². The van der Waals surface area contributed by atoms with Crippen molar-refractivity contribution >= 4 is 8.19 Å². The monoisotopic (exact) mass is 140 g/mol. The van der Waals surface area contributed by atoms with Crippen molar-refractivity contribution in [3.8, 4) is 0 Å². The van der Waals surface area contributed by atoms with E-state index in [1.807, 2.05) is 0 Å². The predicted molar refractivity (Wildman–Crippen MR) is 44.6 cm³/mol. The third-order valence-electron chi connectivity index (χ3n) is 1.46. The average Bonchev–Trinajstić information content (AvgIpc) is 2.34. The molecule has 9 heavy (non-hydrogen) atoms. The summed E-state index contributed by atoms with van der Waals surface area (Å²) in [7, 11) is 0.990. The lowest BCUT2D eigenvalue weighted by Crippen LogP contribution is -1.75. The summed E-state index contributed by atoms with van der Waals surface area (Å²) in [5, 5.41) is 1.64. The fourth-order valence-corrected chi connectivity index (χ4v) is 1.81. The molecular formula is C8H13P. The van der Waals surface area contributed by atoms with Gasteiger partial charge < -0.3 is 0 Å². The number of hydrogen-bond acceptors (Lipinski definition) is 0. The van der Waals surface area contributed by atoms with E-state index in [0.29, 0.717) is 0 Å². The second kappa shape index (κ2) is 3.74. The third-order valence-corrected chi connectivity index (χ3v) is 2.61. The molecule has 0 aromatic carbocycles. The van der Waals surface area contributed by atoms with Crippen molar-refractivity contribution in [1.29, 1.82) is 0 Å². The van der Waals surface area contributed by atoms with Crippen LogP contribution in [0.3, 0.4) is 0 Å². The molecule has 0 saturated carbocycles. The fourth-order valence-electron chi connectivity index (χ4n) is 0.890. The predicted octanol–water partition coefficient (Wildman–Crippen LogP) is 3.06. The molecule has 0 aliphatic rings. The second-order valence-corrected chi connectivity index (χ2v) is 3.56. The molecule has 0 bridgehead atoms. The zero-order valence-corrected chi connectivity index (χ0v) is 6.85. The Kier molecular flexibility index (Phi) is 2.86. The second-order valence-electron chi connectivity index (χ2n) is 2.30. The van der Waals surface area contributed by atoms with Crippen molar-refractivity contribution in [1.82, 2.24) is 0 Å². The van der Waals surface area contributed by atoms with E-state index in [9.17, 15) is 0 Å². The molecule has 0 fully saturated rings. The van der Waals surface area contributed by atoms with Crippen molar-refractivity contribution in [2.24, 2.45) is 0 Å². The van der Waals surface area contributed by atoms with E-state index in [1.165, 1.54) is 19.3 Å². The van der Waals surface area contributed by atoms with E-state index in [-0.39, 0.29) is 0 Å². The maximum atomic E-state index is 2.26. The Morgan fingerprint density at radius 3 is 3.00 bits per heavy atom. The van der Waals surface area contributed by atoms with Crippen LogP contribution in [-0.4, -0.2) is 0 Å². The third kappa shape index (κ3) is 2.24. The summed E-state index contributed by atoms with van der Waals surface area (Å²) in [5.41, 5.74) is 0. The van der Waals surface area contributed by atoms with E-state index in [1.54, 1.807) is 5.30 Å². The van der Waals surface area contributed by atoms with Gasteiger partial charge in [-0.05, 0) is 23.9 Å². The first-order valence-corrected chi connectivity index (χ1v) is 4.63. The Labute approximate surface area is 58.4 Å². The average molecular weight is 140 g/mol. The maximum absolute atomic E-state index is 2.26. The van der Waals surface area contributed by atoms with Crippen molar-refractivity contribution in [3.05, 3.63) is 23.2 Å². The maximum Gasteiger partial charge on any atom is -0.0244 e. The van der Waals surface area contributed by atoms with Gasteiger partial charge in [-0.15, -0.1) is 8.19 Å². The van der Waals surface area contributed by atoms with E-state index in [0.717, 1.165) is 8.19 Å². The number of rotatable bonds is 3. The van der Waals surface area contributed by atoms with Gasteiger partial charge in [-0.1, -0.05) is 25.5 Å². The Morgan fingerprint density at radius 2 is 2.44 bits per heavy atom. The summed E-state index contributed by atoms with van der Waals surface area (Å²) in [4.78, 5) is 0. The molecule has 0 amide bonds. The molecule has 1 heteroatoms. The minimum Gasteiger partial charge on any atom is -0.137 e. The smallest absolute Gasteiger partial charge is 0.0244 e. The molecule has 0 radical (unpaired) electrons. The lowest BCUT2D eigenvalue weighted by molar-refractivity contribution is 0.804. The zero-order chi connectivity index (χ0) is 6.53. The van der Waals surface area contributed by atoms with Crippen LogP contribution in [-0.2, 0) is 6.42 Å². The van der Waals surface area contributed by atoms with Gasteiger partial charge in [-0.3, -0.25) is 0 Å². The molecule has 1 atom stereocenters. The quantitative estimate of drug-likeness (QED) is 0.605. The molecule has 1 aromatic rings. The summed E-state index contributed by atoms with van der Waals surface area (Å²) >= 11 is 0. The van der Waals surface area contributed by atoms with Crippen molar-refractivity contribution in [2.45, 2.75) is 26.2 Å². The molecule has 1 unspecified atom stereocenters. The molecule has 50 valence electrons. The van der Waals surface area contributed by atoms with Crippen LogP contribution >= 0.6 is 8.19 Å². The van der Waals surface area contributed by atoms with Crippen LogP contribution in [0.2, 0.25) is 0 Å². The molecule has 1 heterocycles. The Bertz CT molecular complexity index is 142. The van der Waals surface area contributed by atoms with Crippen LogP contribution in [0.25, 0.3) is 0 Å². The summed E-state index contributed by atoms with van der Waals surface area (Å²) in [6.07, 6.45) is 4.00. The van der Waals surface area contributed by atoms with Crippen LogP contribution in [0, 0.1) is 0 Å². The van der Waals surface area contributed by atoms with Gasteiger partial charge in [0.05, 0.1) is 0 Å². The van der Waals surface area contributed by atoms with Crippen LogP contribution in [0.15, 0.2) is 17.9 Å². The molecule has 0 N–H and O–H groups in total. The molecule has 0 spiro atoms. The standard InChI is InChI=1S/C8H13P/c1-2-3-5-8-6-4-7-9-8/h4,6-7,9H,2-3,5H2,1H3. The first kappa shape index (κ1) is 6.89. The van der Waals surface area contributed by atoms with Gasteiger partial charge in [0, 0.05) is 0 Å². The minimum atomic E-state index is 0.990. The zero-order valence-electron chi connectivity index (χ0n) is 5.85. The van der Waals surface area contributed by atoms with Gasteiger partial charge in [-0.2, -0.15) is 0 Å². The molecule has 1 rings (SSSR count). The Balaban J connectivity index is 2.30. The van der Waals surface area contributed by atoms with Crippen LogP contribution in [0.5, 0.6) is 0 Å². The first-order valence-electron chi connectivity index (χ1n) is 3.55. The first-order chi connectivity index (χ1) is 4.43. The largest absolute Gasteiger partial charge is 0.137 e. The fraction of sp³-hybridized carbons (Fsp3) is 0.500. The highest BCUT2D eigenvalue weighted by Crippen LogP contribution is 2.16. The van der Waals surface area contributed by atoms with Gasteiger partial charge in [0.25, 0.3) is 0 Å². The van der Waals surface area contributed by atoms with Crippen LogP contribution < -0.4 is 0 Å². The van der Waals surface area contributed by atoms with Gasteiger partial charge in [0.15, 0.2) is 0 Å². The number of aryl methyl sites for hydroxylation is 1. The highest BCUT2D eigenvalue weighted by Gasteiger charge is 1.88. The minimum absolute atomic E-state index is 0.990. The topological polar surface area (TPSA) is 0 Å². The van der Waals surface area contributed by atoms with Gasteiger partial charge in [0.1, 0.15) is 0 Å². The van der Waals surface area contributed by atoms with E-state index < -0.39 is 0 Å². The van der Waals surface area contributed by atoms with Gasteiger partial charge in [-0.25, -0.2) is 0 Å². The van der Waals surface area contributed by atoms with Gasteiger partial charge in [0.2, 0.25) is 0 Å². The number of unbranched alkanes of at least 4 members (excludes halogenated alkanes) is 1. The molecule has 0 aliphatic carbocycles. The Morgan fingerprint density at radius 1 is 1.56 bits per heavy atom. The molecule has 0 saturated heterocycles. The molecule has 0 aliphatic heterocycles. The van der Waals surface area contributed by atoms with E-state index in [4.69, 9.17) is 0 Å². The van der Waals surface area contributed by atoms with Crippen molar-refractivity contribution in [3.63, 3.8) is 0 Å². The summed E-state index contributed by atoms with van der Waals surface area (Å²) in [5.74, 6) is 2.25. The SMILES string of the molecule is CCCCc1ccc[pH]1. The number of hydrogen-bond donors (Lipinski definition) is 0. The molecule has 1 aromatic heterocycles. The van der Waals surface area contributed by atoms with Crippen molar-refractivity contribution < 1.29 is 0 Å². The summed E-state index contributed by atoms with van der Waals surface area (Å²) in [6, 6.07) is 4.43. The summed E-state index contributed by atoms with van der Waals surface area (Å²) < 4.78 is 0. The molecular weight excluding hydrogens is 127 g/mol. The summed E-state index contributed by atoms with van der Waals surface area (Å²) in [6.45, 7) is 2.24. The van der Waals surface area contributed by atoms with Gasteiger partial charge >= 0.3 is 0 Å². The highest BCUT2D eigenvalue weighted by atomic mass is 31.0. The van der Waals surface area contributed by atoms with E-state index in [2.05, 4.69) is 24.9 Å². The molecule has 0 nitrogen and oxygen atoms in total. The van der Waals surface area contributed by atoms with Crippen LogP contribution in [0.4, 0.5) is 0 Å². The highest BCUT2D eigenvalue weighted by molar-refractivity contribution is 7.30. The lowest BCUT2D eigenvalue weighted by Gasteiger charge is -1.91. The van der Waals surface area contributed by atoms with Crippen LogP contribution in [0.1, 0.15) is 25.1 Å². The lowest BCUT2D eigenvalue weighted by atomic mass is 10.2.